The maximum absolute atomic E-state index is 13.2. The van der Waals surface area contributed by atoms with Crippen molar-refractivity contribution in [3.63, 3.8) is 0 Å². The van der Waals surface area contributed by atoms with Crippen molar-refractivity contribution in [2.45, 2.75) is 13.0 Å². The van der Waals surface area contributed by atoms with Crippen molar-refractivity contribution in [3.8, 4) is 5.69 Å². The van der Waals surface area contributed by atoms with Gasteiger partial charge < -0.3 is 0 Å². The summed E-state index contributed by atoms with van der Waals surface area (Å²) in [6.07, 6.45) is 2.36. The molecule has 0 bridgehead atoms. The van der Waals surface area contributed by atoms with Crippen molar-refractivity contribution in [1.82, 2.24) is 14.1 Å². The molecule has 1 saturated heterocycles. The molecule has 1 aromatic carbocycles. The third-order valence-corrected chi connectivity index (χ3v) is 5.16. The van der Waals surface area contributed by atoms with E-state index in [0.29, 0.717) is 24.3 Å². The van der Waals surface area contributed by atoms with E-state index in [1.54, 1.807) is 29.1 Å². The lowest BCUT2D eigenvalue weighted by Gasteiger charge is -2.11. The number of halogens is 1. The highest BCUT2D eigenvalue weighted by atomic mass is 32.2. The van der Waals surface area contributed by atoms with Crippen molar-refractivity contribution in [2.24, 2.45) is 0 Å². The molecule has 0 amide bonds. The molecule has 1 fully saturated rings. The highest BCUT2D eigenvalue weighted by Crippen LogP contribution is 2.17. The zero-order valence-corrected chi connectivity index (χ0v) is 11.6. The molecule has 7 heteroatoms. The van der Waals surface area contributed by atoms with Crippen LogP contribution in [0.5, 0.6) is 0 Å². The fraction of sp³-hybridized carbons (Fsp3) is 0.308. The fourth-order valence-electron chi connectivity index (χ4n) is 2.26. The molecule has 3 rings (SSSR count). The minimum absolute atomic E-state index is 0.206. The quantitative estimate of drug-likeness (QED) is 0.863. The first-order chi connectivity index (χ1) is 9.54. The Bertz CT molecular complexity index is 727. The largest absolute Gasteiger partial charge is 0.241 e. The molecule has 0 atom stereocenters. The molecule has 1 aromatic heterocycles. The molecule has 0 N–H and O–H groups in total. The van der Waals surface area contributed by atoms with Gasteiger partial charge in [0.05, 0.1) is 23.7 Å². The van der Waals surface area contributed by atoms with Crippen LogP contribution in [0.15, 0.2) is 36.5 Å². The summed E-state index contributed by atoms with van der Waals surface area (Å²) in [5.74, 6) is -0.126. The lowest BCUT2D eigenvalue weighted by molar-refractivity contribution is 0.433. The van der Waals surface area contributed by atoms with Crippen LogP contribution in [0, 0.1) is 5.82 Å². The summed E-state index contributed by atoms with van der Waals surface area (Å²) in [6.45, 7) is 0.805. The summed E-state index contributed by atoms with van der Waals surface area (Å²) in [6, 6.07) is 7.84. The number of nitrogens with zero attached hydrogens (tertiary/aromatic N) is 3. The minimum Gasteiger partial charge on any atom is -0.241 e. The van der Waals surface area contributed by atoms with E-state index >= 15 is 0 Å². The third-order valence-electron chi connectivity index (χ3n) is 3.26. The van der Waals surface area contributed by atoms with Gasteiger partial charge in [-0.3, -0.25) is 0 Å². The second kappa shape index (κ2) is 4.99. The van der Waals surface area contributed by atoms with Crippen LogP contribution in [0.1, 0.15) is 12.1 Å². The van der Waals surface area contributed by atoms with E-state index < -0.39 is 10.0 Å². The SMILES string of the molecule is O=S1(=O)CCCN1Cc1ccn(-c2cccc(F)c2)n1. The standard InChI is InChI=1S/C13H14FN3O2S/c14-11-3-1-4-13(9-11)17-7-5-12(15-17)10-16-6-2-8-20(16,18)19/h1,3-5,7,9H,2,6,8,10H2. The van der Waals surface area contributed by atoms with E-state index in [4.69, 9.17) is 0 Å². The van der Waals surface area contributed by atoms with Gasteiger partial charge in [-0.25, -0.2) is 17.5 Å². The van der Waals surface area contributed by atoms with E-state index in [1.807, 2.05) is 0 Å². The monoisotopic (exact) mass is 295 g/mol. The lowest BCUT2D eigenvalue weighted by Crippen LogP contribution is -2.25. The second-order valence-electron chi connectivity index (χ2n) is 4.73. The molecule has 1 aliphatic heterocycles. The maximum atomic E-state index is 13.2. The second-order valence-corrected chi connectivity index (χ2v) is 6.82. The molecule has 20 heavy (non-hydrogen) atoms. The number of aromatic nitrogens is 2. The van der Waals surface area contributed by atoms with Gasteiger partial charge in [-0.2, -0.15) is 9.40 Å². The van der Waals surface area contributed by atoms with Crippen LogP contribution in [0.2, 0.25) is 0 Å². The van der Waals surface area contributed by atoms with Crippen LogP contribution in [0.3, 0.4) is 0 Å². The van der Waals surface area contributed by atoms with Crippen LogP contribution in [-0.4, -0.2) is 34.8 Å². The maximum Gasteiger partial charge on any atom is 0.214 e. The Morgan fingerprint density at radius 1 is 1.30 bits per heavy atom. The van der Waals surface area contributed by atoms with Crippen molar-refractivity contribution in [1.29, 1.82) is 0 Å². The fourth-order valence-corrected chi connectivity index (χ4v) is 3.75. The zero-order valence-electron chi connectivity index (χ0n) is 10.7. The van der Waals surface area contributed by atoms with Gasteiger partial charge >= 0.3 is 0 Å². The minimum atomic E-state index is -3.12. The van der Waals surface area contributed by atoms with Gasteiger partial charge in [-0.05, 0) is 30.7 Å². The topological polar surface area (TPSA) is 55.2 Å². The molecule has 106 valence electrons. The Morgan fingerprint density at radius 3 is 2.85 bits per heavy atom. The first kappa shape index (κ1) is 13.3. The van der Waals surface area contributed by atoms with Crippen LogP contribution in [0.4, 0.5) is 4.39 Å². The Morgan fingerprint density at radius 2 is 2.15 bits per heavy atom. The Labute approximate surface area is 116 Å². The predicted molar refractivity (Wildman–Crippen MR) is 72.3 cm³/mol. The Hall–Kier alpha value is -1.73. The van der Waals surface area contributed by atoms with Crippen molar-refractivity contribution < 1.29 is 12.8 Å². The van der Waals surface area contributed by atoms with E-state index in [9.17, 15) is 12.8 Å². The highest BCUT2D eigenvalue weighted by molar-refractivity contribution is 7.89. The summed E-state index contributed by atoms with van der Waals surface area (Å²) in [7, 11) is -3.12. The van der Waals surface area contributed by atoms with Gasteiger partial charge in [0, 0.05) is 12.7 Å². The van der Waals surface area contributed by atoms with Gasteiger partial charge in [0.15, 0.2) is 0 Å². The lowest BCUT2D eigenvalue weighted by atomic mass is 10.3. The Kier molecular flexibility index (Phi) is 3.31. The average Bonchev–Trinajstić information content (AvgIpc) is 2.98. The molecule has 0 radical (unpaired) electrons. The van der Waals surface area contributed by atoms with Crippen molar-refractivity contribution in [3.05, 3.63) is 48.0 Å². The highest BCUT2D eigenvalue weighted by Gasteiger charge is 2.28. The number of rotatable bonds is 3. The number of hydrogen-bond acceptors (Lipinski definition) is 3. The molecular formula is C13H14FN3O2S. The number of benzene rings is 1. The van der Waals surface area contributed by atoms with Gasteiger partial charge in [-0.1, -0.05) is 6.07 Å². The number of sulfonamides is 1. The third kappa shape index (κ3) is 2.59. The van der Waals surface area contributed by atoms with E-state index in [0.717, 1.165) is 0 Å². The summed E-state index contributed by atoms with van der Waals surface area (Å²) in [5, 5.41) is 4.29. The average molecular weight is 295 g/mol. The first-order valence-electron chi connectivity index (χ1n) is 6.33. The molecular weight excluding hydrogens is 281 g/mol. The van der Waals surface area contributed by atoms with Gasteiger partial charge in [0.2, 0.25) is 10.0 Å². The number of hydrogen-bond donors (Lipinski definition) is 0. The Balaban J connectivity index is 1.81. The summed E-state index contributed by atoms with van der Waals surface area (Å²) in [4.78, 5) is 0. The normalized spacial score (nSPS) is 18.4. The van der Waals surface area contributed by atoms with Gasteiger partial charge in [0.25, 0.3) is 0 Å². The first-order valence-corrected chi connectivity index (χ1v) is 7.94. The van der Waals surface area contributed by atoms with Crippen LogP contribution >= 0.6 is 0 Å². The van der Waals surface area contributed by atoms with Crippen molar-refractivity contribution >= 4 is 10.0 Å². The van der Waals surface area contributed by atoms with E-state index in [1.165, 1.54) is 16.4 Å². The summed E-state index contributed by atoms with van der Waals surface area (Å²) >= 11 is 0. The van der Waals surface area contributed by atoms with Gasteiger partial charge in [0.1, 0.15) is 5.82 Å². The molecule has 2 aromatic rings. The van der Waals surface area contributed by atoms with E-state index in [-0.39, 0.29) is 18.1 Å². The van der Waals surface area contributed by atoms with Crippen LogP contribution < -0.4 is 0 Å². The summed E-state index contributed by atoms with van der Waals surface area (Å²) < 4.78 is 39.6. The smallest absolute Gasteiger partial charge is 0.214 e. The predicted octanol–water partition coefficient (Wildman–Crippen LogP) is 1.55. The molecule has 0 aliphatic carbocycles. The molecule has 0 unspecified atom stereocenters. The van der Waals surface area contributed by atoms with Crippen LogP contribution in [-0.2, 0) is 16.6 Å². The van der Waals surface area contributed by atoms with Crippen molar-refractivity contribution in [2.75, 3.05) is 12.3 Å². The molecule has 5 nitrogen and oxygen atoms in total. The van der Waals surface area contributed by atoms with Gasteiger partial charge in [-0.15, -0.1) is 0 Å². The zero-order chi connectivity index (χ0) is 14.2. The van der Waals surface area contributed by atoms with Crippen LogP contribution in [0.25, 0.3) is 5.69 Å². The molecule has 2 heterocycles. The molecule has 0 spiro atoms. The molecule has 1 aliphatic rings. The summed E-state index contributed by atoms with van der Waals surface area (Å²) in [5.41, 5.74) is 1.26. The van der Waals surface area contributed by atoms with E-state index in [2.05, 4.69) is 5.10 Å². The molecule has 0 saturated carbocycles.